The lowest BCUT2D eigenvalue weighted by atomic mass is 10.2. The van der Waals surface area contributed by atoms with Crippen molar-refractivity contribution in [2.24, 2.45) is 0 Å². The molecule has 2 aromatic heterocycles. The van der Waals surface area contributed by atoms with E-state index in [1.807, 2.05) is 0 Å². The topological polar surface area (TPSA) is 73.9 Å². The first kappa shape index (κ1) is 16.4. The van der Waals surface area contributed by atoms with E-state index in [1.165, 1.54) is 42.7 Å². The highest BCUT2D eigenvalue weighted by Gasteiger charge is 2.13. The summed E-state index contributed by atoms with van der Waals surface area (Å²) in [4.78, 5) is 8.24. The number of hydrogen-bond acceptors (Lipinski definition) is 7. The van der Waals surface area contributed by atoms with Gasteiger partial charge in [0.25, 0.3) is 11.1 Å². The van der Waals surface area contributed by atoms with E-state index in [1.54, 1.807) is 6.07 Å². The third-order valence-electron chi connectivity index (χ3n) is 3.37. The Morgan fingerprint density at radius 1 is 0.962 bits per heavy atom. The van der Waals surface area contributed by atoms with Gasteiger partial charge in [0.15, 0.2) is 6.61 Å². The molecule has 0 saturated carbocycles. The maximum atomic E-state index is 13.5. The largest absolute Gasteiger partial charge is 0.484 e. The lowest BCUT2D eigenvalue weighted by molar-refractivity contribution is 0.252. The van der Waals surface area contributed by atoms with Crippen molar-refractivity contribution in [2.45, 2.75) is 16.9 Å². The van der Waals surface area contributed by atoms with Gasteiger partial charge in [-0.3, -0.25) is 0 Å². The first-order valence-corrected chi connectivity index (χ1v) is 8.28. The van der Waals surface area contributed by atoms with E-state index in [-0.39, 0.29) is 29.4 Å². The maximum absolute atomic E-state index is 13.5. The van der Waals surface area contributed by atoms with Crippen molar-refractivity contribution in [1.29, 1.82) is 0 Å². The van der Waals surface area contributed by atoms with Crippen LogP contribution in [-0.2, 0) is 6.61 Å². The minimum atomic E-state index is -0.381. The summed E-state index contributed by atoms with van der Waals surface area (Å²) < 4.78 is 37.3. The van der Waals surface area contributed by atoms with E-state index in [0.717, 1.165) is 11.8 Å². The van der Waals surface area contributed by atoms with E-state index >= 15 is 0 Å². The number of fused-ring (bicyclic) bond motifs is 1. The predicted molar refractivity (Wildman–Crippen MR) is 88.6 cm³/mol. The molecule has 4 rings (SSSR count). The molecular weight excluding hydrogens is 362 g/mol. The molecule has 130 valence electrons. The van der Waals surface area contributed by atoms with Gasteiger partial charge in [-0.25, -0.2) is 18.7 Å². The predicted octanol–water partition coefficient (Wildman–Crippen LogP) is 4.02. The van der Waals surface area contributed by atoms with Crippen molar-refractivity contribution in [3.63, 3.8) is 0 Å². The van der Waals surface area contributed by atoms with Gasteiger partial charge in [0.1, 0.15) is 28.7 Å². The standard InChI is InChI=1S/C17H10F2N4O2S/c18-10-1-4-12(5-2-10)24-8-15-22-23-17(25-15)26-16-13-7-11(19)3-6-14(13)20-9-21-16/h1-7,9H,8H2. The molecule has 0 saturated heterocycles. The third-order valence-corrected chi connectivity index (χ3v) is 4.23. The van der Waals surface area contributed by atoms with Crippen molar-refractivity contribution < 1.29 is 17.9 Å². The van der Waals surface area contributed by atoms with Crippen molar-refractivity contribution in [3.05, 3.63) is 66.3 Å². The van der Waals surface area contributed by atoms with Gasteiger partial charge in [0, 0.05) is 5.39 Å². The normalized spacial score (nSPS) is 11.0. The molecule has 0 spiro atoms. The van der Waals surface area contributed by atoms with Gasteiger partial charge in [-0.05, 0) is 54.2 Å². The number of aromatic nitrogens is 4. The van der Waals surface area contributed by atoms with Crippen LogP contribution >= 0.6 is 11.8 Å². The zero-order chi connectivity index (χ0) is 17.9. The third kappa shape index (κ3) is 3.62. The first-order chi connectivity index (χ1) is 12.7. The Kier molecular flexibility index (Phi) is 4.44. The lowest BCUT2D eigenvalue weighted by Crippen LogP contribution is -1.95. The summed E-state index contributed by atoms with van der Waals surface area (Å²) in [5, 5.41) is 9.11. The average molecular weight is 372 g/mol. The number of rotatable bonds is 5. The Bertz CT molecular complexity index is 1060. The Hall–Kier alpha value is -3.07. The summed E-state index contributed by atoms with van der Waals surface area (Å²) in [7, 11) is 0. The summed E-state index contributed by atoms with van der Waals surface area (Å²) in [5.74, 6) is 0.00727. The highest BCUT2D eigenvalue weighted by atomic mass is 32.2. The summed E-state index contributed by atoms with van der Waals surface area (Å²) in [6.07, 6.45) is 1.39. The molecule has 0 amide bonds. The van der Waals surface area contributed by atoms with Crippen LogP contribution in [0.3, 0.4) is 0 Å². The highest BCUT2D eigenvalue weighted by molar-refractivity contribution is 7.99. The quantitative estimate of drug-likeness (QED) is 0.490. The van der Waals surface area contributed by atoms with Crippen LogP contribution in [0.4, 0.5) is 8.78 Å². The molecule has 0 aliphatic carbocycles. The molecule has 0 unspecified atom stereocenters. The second kappa shape index (κ2) is 7.04. The fraction of sp³-hybridized carbons (Fsp3) is 0.0588. The number of ether oxygens (including phenoxy) is 1. The van der Waals surface area contributed by atoms with Crippen LogP contribution in [0, 0.1) is 11.6 Å². The van der Waals surface area contributed by atoms with E-state index in [9.17, 15) is 8.78 Å². The summed E-state index contributed by atoms with van der Waals surface area (Å²) in [6.45, 7) is 0.0400. The van der Waals surface area contributed by atoms with E-state index in [0.29, 0.717) is 21.7 Å². The zero-order valence-corrected chi connectivity index (χ0v) is 13.9. The van der Waals surface area contributed by atoms with Gasteiger partial charge in [-0.1, -0.05) is 0 Å². The van der Waals surface area contributed by atoms with Gasteiger partial charge in [-0.2, -0.15) is 0 Å². The van der Waals surface area contributed by atoms with E-state index in [4.69, 9.17) is 9.15 Å². The van der Waals surface area contributed by atoms with Gasteiger partial charge in [0.2, 0.25) is 0 Å². The maximum Gasteiger partial charge on any atom is 0.283 e. The van der Waals surface area contributed by atoms with Crippen LogP contribution in [0.5, 0.6) is 5.75 Å². The summed E-state index contributed by atoms with van der Waals surface area (Å²) >= 11 is 1.11. The Morgan fingerprint density at radius 3 is 2.62 bits per heavy atom. The molecule has 0 bridgehead atoms. The number of hydrogen-bond donors (Lipinski definition) is 0. The van der Waals surface area contributed by atoms with Gasteiger partial charge < -0.3 is 9.15 Å². The molecule has 0 N–H and O–H groups in total. The Morgan fingerprint density at radius 2 is 1.77 bits per heavy atom. The van der Waals surface area contributed by atoms with Crippen LogP contribution in [-0.4, -0.2) is 20.2 Å². The van der Waals surface area contributed by atoms with Crippen LogP contribution in [0.2, 0.25) is 0 Å². The molecule has 0 fully saturated rings. The van der Waals surface area contributed by atoms with Gasteiger partial charge >= 0.3 is 0 Å². The molecule has 0 atom stereocenters. The first-order valence-electron chi connectivity index (χ1n) is 7.46. The average Bonchev–Trinajstić information content (AvgIpc) is 3.09. The molecule has 9 heteroatoms. The molecular formula is C17H10F2N4O2S. The van der Waals surface area contributed by atoms with Crippen LogP contribution < -0.4 is 4.74 Å². The lowest BCUT2D eigenvalue weighted by Gasteiger charge is -2.02. The molecule has 26 heavy (non-hydrogen) atoms. The van der Waals surface area contributed by atoms with E-state index in [2.05, 4.69) is 20.2 Å². The minimum Gasteiger partial charge on any atom is -0.484 e. The minimum absolute atomic E-state index is 0.0400. The molecule has 4 aromatic rings. The molecule has 6 nitrogen and oxygen atoms in total. The zero-order valence-electron chi connectivity index (χ0n) is 13.1. The number of nitrogens with zero attached hydrogens (tertiary/aromatic N) is 4. The fourth-order valence-corrected chi connectivity index (χ4v) is 2.94. The van der Waals surface area contributed by atoms with Crippen LogP contribution in [0.1, 0.15) is 5.89 Å². The van der Waals surface area contributed by atoms with Crippen molar-refractivity contribution in [2.75, 3.05) is 0 Å². The summed E-state index contributed by atoms with van der Waals surface area (Å²) in [6, 6.07) is 9.86. The Labute approximate surface area is 150 Å². The van der Waals surface area contributed by atoms with Crippen LogP contribution in [0.15, 0.2) is 63.5 Å². The number of halogens is 2. The van der Waals surface area contributed by atoms with E-state index < -0.39 is 0 Å². The Balaban J connectivity index is 1.48. The van der Waals surface area contributed by atoms with Crippen molar-refractivity contribution >= 4 is 22.7 Å². The second-order valence-corrected chi connectivity index (χ2v) is 6.09. The monoisotopic (exact) mass is 372 g/mol. The van der Waals surface area contributed by atoms with Crippen LogP contribution in [0.25, 0.3) is 10.9 Å². The molecule has 0 aliphatic heterocycles. The molecule has 0 aliphatic rings. The summed E-state index contributed by atoms with van der Waals surface area (Å²) in [5.41, 5.74) is 0.614. The van der Waals surface area contributed by atoms with Gasteiger partial charge in [-0.15, -0.1) is 10.2 Å². The molecule has 2 aromatic carbocycles. The highest BCUT2D eigenvalue weighted by Crippen LogP contribution is 2.30. The number of benzene rings is 2. The molecule has 2 heterocycles. The molecule has 0 radical (unpaired) electrons. The van der Waals surface area contributed by atoms with Crippen molar-refractivity contribution in [1.82, 2.24) is 20.2 Å². The smallest absolute Gasteiger partial charge is 0.283 e. The second-order valence-electron chi connectivity index (χ2n) is 5.15. The van der Waals surface area contributed by atoms with Crippen molar-refractivity contribution in [3.8, 4) is 5.75 Å². The SMILES string of the molecule is Fc1ccc(OCc2nnc(Sc3ncnc4ccc(F)cc34)o2)cc1. The fourth-order valence-electron chi connectivity index (χ4n) is 2.18. The van der Waals surface area contributed by atoms with Gasteiger partial charge in [0.05, 0.1) is 5.52 Å².